The molecule has 0 aliphatic carbocycles. The maximum Gasteiger partial charge on any atom is 0.00420 e. The standard InChI is InChI=1S/C10H22S/c1-6-9(7-2)11-8-10(3,4)5/h9H,6-8H2,1-5H3. The fourth-order valence-corrected chi connectivity index (χ4v) is 2.10. The van der Waals surface area contributed by atoms with Gasteiger partial charge in [-0.1, -0.05) is 34.6 Å². The first-order chi connectivity index (χ1) is 4.99. The lowest BCUT2D eigenvalue weighted by Gasteiger charge is -2.21. The van der Waals surface area contributed by atoms with Gasteiger partial charge in [-0.15, -0.1) is 0 Å². The molecule has 0 bridgehead atoms. The van der Waals surface area contributed by atoms with Crippen LogP contribution in [0.2, 0.25) is 0 Å². The van der Waals surface area contributed by atoms with Crippen LogP contribution >= 0.6 is 11.8 Å². The third kappa shape index (κ3) is 6.74. The third-order valence-electron chi connectivity index (χ3n) is 1.66. The molecule has 0 aliphatic rings. The molecule has 0 aromatic rings. The van der Waals surface area contributed by atoms with Crippen LogP contribution in [0, 0.1) is 5.41 Å². The SMILES string of the molecule is CCC(CC)SCC(C)(C)C. The van der Waals surface area contributed by atoms with Crippen molar-refractivity contribution in [2.24, 2.45) is 5.41 Å². The summed E-state index contributed by atoms with van der Waals surface area (Å²) in [6.45, 7) is 11.5. The van der Waals surface area contributed by atoms with Crippen LogP contribution in [-0.4, -0.2) is 11.0 Å². The summed E-state index contributed by atoms with van der Waals surface area (Å²) >= 11 is 2.13. The Morgan fingerprint density at radius 1 is 1.09 bits per heavy atom. The highest BCUT2D eigenvalue weighted by atomic mass is 32.2. The van der Waals surface area contributed by atoms with E-state index in [1.54, 1.807) is 0 Å². The second kappa shape index (κ2) is 5.08. The van der Waals surface area contributed by atoms with Gasteiger partial charge in [0.15, 0.2) is 0 Å². The van der Waals surface area contributed by atoms with E-state index in [0.717, 1.165) is 5.25 Å². The summed E-state index contributed by atoms with van der Waals surface area (Å²) < 4.78 is 0. The van der Waals surface area contributed by atoms with E-state index >= 15 is 0 Å². The lowest BCUT2D eigenvalue weighted by atomic mass is 10.0. The molecule has 0 aliphatic heterocycles. The predicted octanol–water partition coefficient (Wildman–Crippen LogP) is 3.95. The zero-order chi connectivity index (χ0) is 8.91. The molecule has 0 nitrogen and oxygen atoms in total. The van der Waals surface area contributed by atoms with Gasteiger partial charge in [0.1, 0.15) is 0 Å². The fourth-order valence-electron chi connectivity index (χ4n) is 0.892. The predicted molar refractivity (Wildman–Crippen MR) is 56.3 cm³/mol. The van der Waals surface area contributed by atoms with Gasteiger partial charge in [0.05, 0.1) is 0 Å². The Kier molecular flexibility index (Phi) is 5.24. The molecule has 0 aromatic carbocycles. The van der Waals surface area contributed by atoms with Gasteiger partial charge in [-0.05, 0) is 24.0 Å². The van der Waals surface area contributed by atoms with Crippen LogP contribution in [0.1, 0.15) is 47.5 Å². The molecule has 0 radical (unpaired) electrons. The molecular weight excluding hydrogens is 152 g/mol. The Balaban J connectivity index is 3.51. The lowest BCUT2D eigenvalue weighted by Crippen LogP contribution is -2.12. The molecular formula is C10H22S. The summed E-state index contributed by atoms with van der Waals surface area (Å²) in [4.78, 5) is 0. The molecule has 0 rings (SSSR count). The minimum absolute atomic E-state index is 0.493. The zero-order valence-electron chi connectivity index (χ0n) is 8.61. The molecule has 0 N–H and O–H groups in total. The van der Waals surface area contributed by atoms with E-state index in [4.69, 9.17) is 0 Å². The first-order valence-corrected chi connectivity index (χ1v) is 5.66. The maximum atomic E-state index is 2.31. The Morgan fingerprint density at radius 2 is 1.55 bits per heavy atom. The number of thioether (sulfide) groups is 1. The van der Waals surface area contributed by atoms with Crippen LogP contribution in [0.5, 0.6) is 0 Å². The van der Waals surface area contributed by atoms with Crippen LogP contribution in [0.25, 0.3) is 0 Å². The Morgan fingerprint density at radius 3 is 1.82 bits per heavy atom. The molecule has 0 spiro atoms. The Hall–Kier alpha value is 0.350. The number of rotatable bonds is 4. The molecule has 0 amide bonds. The summed E-state index contributed by atoms with van der Waals surface area (Å²) in [5, 5.41) is 0.884. The van der Waals surface area contributed by atoms with Crippen LogP contribution in [0.4, 0.5) is 0 Å². The van der Waals surface area contributed by atoms with Crippen LogP contribution in [0.3, 0.4) is 0 Å². The van der Waals surface area contributed by atoms with E-state index in [1.807, 2.05) is 0 Å². The first-order valence-electron chi connectivity index (χ1n) is 4.61. The van der Waals surface area contributed by atoms with Gasteiger partial charge in [-0.3, -0.25) is 0 Å². The molecule has 0 saturated heterocycles. The van der Waals surface area contributed by atoms with Crippen molar-refractivity contribution in [1.82, 2.24) is 0 Å². The van der Waals surface area contributed by atoms with E-state index in [1.165, 1.54) is 18.6 Å². The van der Waals surface area contributed by atoms with Gasteiger partial charge in [0, 0.05) is 5.25 Å². The molecule has 1 heteroatoms. The number of hydrogen-bond donors (Lipinski definition) is 0. The second-order valence-electron chi connectivity index (χ2n) is 4.31. The smallest absolute Gasteiger partial charge is 0.00420 e. The minimum atomic E-state index is 0.493. The summed E-state index contributed by atoms with van der Waals surface area (Å²) in [6, 6.07) is 0. The first kappa shape index (κ1) is 11.4. The van der Waals surface area contributed by atoms with E-state index in [2.05, 4.69) is 46.4 Å². The molecule has 11 heavy (non-hydrogen) atoms. The molecule has 0 saturated carbocycles. The Bertz CT molecular complexity index is 87.5. The van der Waals surface area contributed by atoms with Gasteiger partial charge >= 0.3 is 0 Å². The van der Waals surface area contributed by atoms with Crippen molar-refractivity contribution in [2.75, 3.05) is 5.75 Å². The molecule has 0 fully saturated rings. The average Bonchev–Trinajstić information content (AvgIpc) is 1.88. The average molecular weight is 174 g/mol. The van der Waals surface area contributed by atoms with Crippen LogP contribution < -0.4 is 0 Å². The van der Waals surface area contributed by atoms with Crippen molar-refractivity contribution in [3.8, 4) is 0 Å². The van der Waals surface area contributed by atoms with Gasteiger partial charge in [0.2, 0.25) is 0 Å². The quantitative estimate of drug-likeness (QED) is 0.622. The van der Waals surface area contributed by atoms with E-state index in [9.17, 15) is 0 Å². The summed E-state index contributed by atoms with van der Waals surface area (Å²) in [5.41, 5.74) is 0.493. The topological polar surface area (TPSA) is 0 Å². The number of hydrogen-bond acceptors (Lipinski definition) is 1. The van der Waals surface area contributed by atoms with Gasteiger partial charge in [0.25, 0.3) is 0 Å². The van der Waals surface area contributed by atoms with E-state index in [0.29, 0.717) is 5.41 Å². The molecule has 0 unspecified atom stereocenters. The van der Waals surface area contributed by atoms with E-state index in [-0.39, 0.29) is 0 Å². The van der Waals surface area contributed by atoms with E-state index < -0.39 is 0 Å². The second-order valence-corrected chi connectivity index (χ2v) is 5.60. The largest absolute Gasteiger partial charge is 0.158 e. The fraction of sp³-hybridized carbons (Fsp3) is 1.00. The minimum Gasteiger partial charge on any atom is -0.158 e. The summed E-state index contributed by atoms with van der Waals surface area (Å²) in [7, 11) is 0. The van der Waals surface area contributed by atoms with Crippen molar-refractivity contribution < 1.29 is 0 Å². The van der Waals surface area contributed by atoms with Gasteiger partial charge in [-0.25, -0.2) is 0 Å². The third-order valence-corrected chi connectivity index (χ3v) is 3.83. The highest BCUT2D eigenvalue weighted by molar-refractivity contribution is 7.99. The summed E-state index contributed by atoms with van der Waals surface area (Å²) in [6.07, 6.45) is 2.63. The van der Waals surface area contributed by atoms with Crippen molar-refractivity contribution in [2.45, 2.75) is 52.7 Å². The van der Waals surface area contributed by atoms with Crippen LogP contribution in [0.15, 0.2) is 0 Å². The van der Waals surface area contributed by atoms with Gasteiger partial charge in [-0.2, -0.15) is 11.8 Å². The zero-order valence-corrected chi connectivity index (χ0v) is 9.42. The van der Waals surface area contributed by atoms with Crippen molar-refractivity contribution in [3.05, 3.63) is 0 Å². The van der Waals surface area contributed by atoms with Crippen molar-refractivity contribution in [3.63, 3.8) is 0 Å². The normalized spacial score (nSPS) is 12.5. The lowest BCUT2D eigenvalue weighted by molar-refractivity contribution is 0.479. The molecule has 68 valence electrons. The molecule has 0 aromatic heterocycles. The highest BCUT2D eigenvalue weighted by Crippen LogP contribution is 2.26. The maximum absolute atomic E-state index is 2.31. The van der Waals surface area contributed by atoms with Crippen molar-refractivity contribution >= 4 is 11.8 Å². The van der Waals surface area contributed by atoms with Gasteiger partial charge < -0.3 is 0 Å². The van der Waals surface area contributed by atoms with Crippen molar-refractivity contribution in [1.29, 1.82) is 0 Å². The molecule has 0 heterocycles. The summed E-state index contributed by atoms with van der Waals surface area (Å²) in [5.74, 6) is 1.29. The Labute approximate surface area is 76.1 Å². The monoisotopic (exact) mass is 174 g/mol. The van der Waals surface area contributed by atoms with Crippen LogP contribution in [-0.2, 0) is 0 Å². The molecule has 0 atom stereocenters. The highest BCUT2D eigenvalue weighted by Gasteiger charge is 2.12.